The second kappa shape index (κ2) is 5.02. The number of ether oxygens (including phenoxy) is 1. The summed E-state index contributed by atoms with van der Waals surface area (Å²) in [5, 5.41) is 6.41. The molecule has 4 heteroatoms. The van der Waals surface area contributed by atoms with Gasteiger partial charge in [-0.15, -0.1) is 0 Å². The van der Waals surface area contributed by atoms with Gasteiger partial charge >= 0.3 is 0 Å². The third-order valence-electron chi connectivity index (χ3n) is 0.395. The molecule has 0 heterocycles. The van der Waals surface area contributed by atoms with E-state index in [1.807, 2.05) is 6.92 Å². The number of alkyl halides is 1. The summed E-state index contributed by atoms with van der Waals surface area (Å²) in [7, 11) is 0. The average Bonchev–Trinajstić information content (AvgIpc) is 1.66. The highest BCUT2D eigenvalue weighted by Crippen LogP contribution is 1.96. The first-order chi connectivity index (χ1) is 3.77. The van der Waals surface area contributed by atoms with Crippen LogP contribution >= 0.6 is 22.6 Å². The maximum Gasteiger partial charge on any atom is 0.179 e. The van der Waals surface area contributed by atoms with Crippen LogP contribution < -0.4 is 0 Å². The Kier molecular flexibility index (Phi) is 4.93. The molecule has 46 valence electrons. The van der Waals surface area contributed by atoms with Crippen molar-refractivity contribution in [3.8, 4) is 0 Å². The summed E-state index contributed by atoms with van der Waals surface area (Å²) in [4.78, 5) is 3.80. The Bertz CT molecular complexity index is 92.0. The van der Waals surface area contributed by atoms with Gasteiger partial charge in [0.05, 0.1) is 0 Å². The van der Waals surface area contributed by atoms with E-state index in [1.165, 1.54) is 6.40 Å². The maximum atomic E-state index is 6.41. The quantitative estimate of drug-likeness (QED) is 0.255. The number of nitrogens with zero attached hydrogens (tertiary/aromatic N) is 1. The van der Waals surface area contributed by atoms with Crippen molar-refractivity contribution in [1.29, 1.82) is 5.41 Å². The summed E-state index contributed by atoms with van der Waals surface area (Å²) in [6.45, 7) is 1.92. The van der Waals surface area contributed by atoms with E-state index in [0.717, 1.165) is 6.40 Å². The molecular weight excluding hydrogens is 219 g/mol. The van der Waals surface area contributed by atoms with Gasteiger partial charge < -0.3 is 4.74 Å². The maximum absolute atomic E-state index is 6.41. The largest absolute Gasteiger partial charge is 0.435 e. The fourth-order valence-corrected chi connectivity index (χ4v) is 0.281. The lowest BCUT2D eigenvalue weighted by Crippen LogP contribution is -1.86. The standard InChI is InChI=1S/C4H7IN2O/c1-4(5)7-3-8-2-6/h2-4,6H,1H3/b6-2?,7-3-/t4-/m1/s1. The molecule has 8 heavy (non-hydrogen) atoms. The number of hydrogen-bond donors (Lipinski definition) is 1. The van der Waals surface area contributed by atoms with Gasteiger partial charge in [-0.05, 0) is 6.92 Å². The topological polar surface area (TPSA) is 45.4 Å². The summed E-state index contributed by atoms with van der Waals surface area (Å²) in [5.41, 5.74) is 0. The molecule has 0 bridgehead atoms. The number of rotatable bonds is 3. The second-order valence-electron chi connectivity index (χ2n) is 1.08. The van der Waals surface area contributed by atoms with Gasteiger partial charge in [-0.3, -0.25) is 5.41 Å². The molecule has 1 N–H and O–H groups in total. The number of halogens is 1. The lowest BCUT2D eigenvalue weighted by atomic mass is 10.8. The van der Waals surface area contributed by atoms with Crippen molar-refractivity contribution in [3.63, 3.8) is 0 Å². The van der Waals surface area contributed by atoms with Gasteiger partial charge in [0, 0.05) is 0 Å². The van der Waals surface area contributed by atoms with Crippen molar-refractivity contribution in [2.75, 3.05) is 0 Å². The van der Waals surface area contributed by atoms with Crippen molar-refractivity contribution in [1.82, 2.24) is 0 Å². The third-order valence-corrected chi connectivity index (χ3v) is 0.717. The first kappa shape index (κ1) is 7.87. The smallest absolute Gasteiger partial charge is 0.179 e. The molecule has 0 aliphatic carbocycles. The van der Waals surface area contributed by atoms with Crippen LogP contribution in [0.25, 0.3) is 0 Å². The van der Waals surface area contributed by atoms with Crippen molar-refractivity contribution in [2.45, 2.75) is 11.0 Å². The summed E-state index contributed by atoms with van der Waals surface area (Å²) in [6, 6.07) is 0. The van der Waals surface area contributed by atoms with Gasteiger partial charge in [-0.2, -0.15) is 0 Å². The van der Waals surface area contributed by atoms with E-state index in [2.05, 4.69) is 32.3 Å². The first-order valence-corrected chi connectivity index (χ1v) is 3.32. The molecule has 3 nitrogen and oxygen atoms in total. The van der Waals surface area contributed by atoms with E-state index in [1.54, 1.807) is 0 Å². The summed E-state index contributed by atoms with van der Waals surface area (Å²) < 4.78 is 4.60. The Morgan fingerprint density at radius 1 is 1.88 bits per heavy atom. The zero-order chi connectivity index (χ0) is 6.41. The van der Waals surface area contributed by atoms with Crippen molar-refractivity contribution >= 4 is 35.4 Å². The minimum Gasteiger partial charge on any atom is -0.435 e. The number of nitrogens with one attached hydrogen (secondary N) is 1. The fourth-order valence-electron chi connectivity index (χ4n) is 0.149. The Morgan fingerprint density at radius 2 is 2.50 bits per heavy atom. The predicted octanol–water partition coefficient (Wildman–Crippen LogP) is 1.42. The Balaban J connectivity index is 3.19. The van der Waals surface area contributed by atoms with Crippen LogP contribution in [0, 0.1) is 5.41 Å². The molecule has 0 aromatic carbocycles. The van der Waals surface area contributed by atoms with E-state index in [-0.39, 0.29) is 4.05 Å². The van der Waals surface area contributed by atoms with Crippen molar-refractivity contribution in [2.24, 2.45) is 4.99 Å². The zero-order valence-corrected chi connectivity index (χ0v) is 6.62. The van der Waals surface area contributed by atoms with E-state index in [4.69, 9.17) is 5.41 Å². The monoisotopic (exact) mass is 226 g/mol. The molecule has 0 aromatic rings. The third kappa shape index (κ3) is 5.87. The van der Waals surface area contributed by atoms with E-state index < -0.39 is 0 Å². The summed E-state index contributed by atoms with van der Waals surface area (Å²) in [6.07, 6.45) is 2.09. The molecule has 0 rings (SSSR count). The Hall–Kier alpha value is -0.130. The zero-order valence-electron chi connectivity index (χ0n) is 4.47. The molecule has 0 spiro atoms. The Labute approximate surface area is 61.8 Å². The second-order valence-corrected chi connectivity index (χ2v) is 2.89. The van der Waals surface area contributed by atoms with Gasteiger partial charge in [0.1, 0.15) is 4.05 Å². The molecular formula is C4H7IN2O. The van der Waals surface area contributed by atoms with Crippen LogP contribution in [0.4, 0.5) is 0 Å². The first-order valence-electron chi connectivity index (χ1n) is 2.07. The lowest BCUT2D eigenvalue weighted by Gasteiger charge is -1.89. The van der Waals surface area contributed by atoms with Crippen LogP contribution in [0.2, 0.25) is 0 Å². The number of hydrogen-bond acceptors (Lipinski definition) is 3. The summed E-state index contributed by atoms with van der Waals surface area (Å²) >= 11 is 2.13. The minimum atomic E-state index is 0.215. The Morgan fingerprint density at radius 3 is 2.88 bits per heavy atom. The van der Waals surface area contributed by atoms with E-state index in [9.17, 15) is 0 Å². The predicted molar refractivity (Wildman–Crippen MR) is 41.8 cm³/mol. The highest BCUT2D eigenvalue weighted by Gasteiger charge is 1.82. The summed E-state index contributed by atoms with van der Waals surface area (Å²) in [5.74, 6) is 0. The van der Waals surface area contributed by atoms with Gasteiger partial charge in [-0.1, -0.05) is 22.6 Å². The molecule has 0 unspecified atom stereocenters. The fraction of sp³-hybridized carbons (Fsp3) is 0.500. The molecule has 0 radical (unpaired) electrons. The van der Waals surface area contributed by atoms with Crippen LogP contribution in [0.15, 0.2) is 4.99 Å². The molecule has 0 saturated carbocycles. The van der Waals surface area contributed by atoms with Crippen LogP contribution in [-0.2, 0) is 4.74 Å². The highest BCUT2D eigenvalue weighted by molar-refractivity contribution is 14.1. The van der Waals surface area contributed by atoms with Crippen molar-refractivity contribution < 1.29 is 4.74 Å². The molecule has 1 atom stereocenters. The van der Waals surface area contributed by atoms with Crippen LogP contribution in [-0.4, -0.2) is 16.8 Å². The van der Waals surface area contributed by atoms with Crippen LogP contribution in [0.5, 0.6) is 0 Å². The highest BCUT2D eigenvalue weighted by atomic mass is 127. The molecule has 0 aliphatic rings. The average molecular weight is 226 g/mol. The normalized spacial score (nSPS) is 13.8. The van der Waals surface area contributed by atoms with Crippen molar-refractivity contribution in [3.05, 3.63) is 0 Å². The van der Waals surface area contributed by atoms with Gasteiger partial charge in [0.25, 0.3) is 0 Å². The van der Waals surface area contributed by atoms with Gasteiger partial charge in [-0.25, -0.2) is 4.99 Å². The molecule has 0 aliphatic heterocycles. The molecule has 0 amide bonds. The van der Waals surface area contributed by atoms with Gasteiger partial charge in [0.15, 0.2) is 12.8 Å². The minimum absolute atomic E-state index is 0.215. The van der Waals surface area contributed by atoms with E-state index >= 15 is 0 Å². The number of aliphatic imine (C=N–C) groups is 1. The molecule has 0 saturated heterocycles. The van der Waals surface area contributed by atoms with Gasteiger partial charge in [0.2, 0.25) is 0 Å². The van der Waals surface area contributed by atoms with E-state index in [0.29, 0.717) is 0 Å². The SMILES string of the molecule is C[C@H](I)/N=C\OC=N. The molecule has 0 aromatic heterocycles. The van der Waals surface area contributed by atoms with Crippen LogP contribution in [0.3, 0.4) is 0 Å². The molecule has 0 fully saturated rings. The van der Waals surface area contributed by atoms with Crippen LogP contribution in [0.1, 0.15) is 6.92 Å². The lowest BCUT2D eigenvalue weighted by molar-refractivity contribution is 0.585.